The van der Waals surface area contributed by atoms with Gasteiger partial charge in [-0.05, 0) is 38.5 Å². The summed E-state index contributed by atoms with van der Waals surface area (Å²) >= 11 is 0. The Morgan fingerprint density at radius 1 is 0.373 bits per heavy atom. The van der Waals surface area contributed by atoms with Crippen LogP contribution in [0.25, 0.3) is 0 Å². The molecule has 0 aromatic carbocycles. The van der Waals surface area contributed by atoms with Crippen LogP contribution in [0.4, 0.5) is 0 Å². The highest BCUT2D eigenvalue weighted by Crippen LogP contribution is 2.30. The molecule has 2 fully saturated rings. The summed E-state index contributed by atoms with van der Waals surface area (Å²) in [5, 5.41) is 73.6. The monoisotopic (exact) mass is 1570 g/mol. The maximum atomic E-state index is 14.7. The van der Waals surface area contributed by atoms with E-state index in [1.165, 1.54) is 193 Å². The minimum atomic E-state index is -1.91. The molecule has 0 aromatic rings. The summed E-state index contributed by atoms with van der Waals surface area (Å²) < 4.78 is 36.3. The van der Waals surface area contributed by atoms with Crippen molar-refractivity contribution in [1.82, 2.24) is 10.6 Å². The molecule has 2 aliphatic rings. The number of ether oxygens (including phenoxy) is 6. The lowest BCUT2D eigenvalue weighted by Crippen LogP contribution is -2.67. The van der Waals surface area contributed by atoms with E-state index < -0.39 is 148 Å². The third kappa shape index (κ3) is 53.6. The van der Waals surface area contributed by atoms with Gasteiger partial charge in [-0.2, -0.15) is 0 Å². The molecule has 0 bridgehead atoms. The largest absolute Gasteiger partial charge is 0.462 e. The third-order valence-electron chi connectivity index (χ3n) is 22.5. The van der Waals surface area contributed by atoms with Gasteiger partial charge in [0.1, 0.15) is 30.5 Å². The molecule has 2 amide bonds. The van der Waals surface area contributed by atoms with Gasteiger partial charge in [-0.15, -0.1) is 0 Å². The molecule has 0 saturated carbocycles. The van der Waals surface area contributed by atoms with E-state index in [2.05, 4.69) is 45.3 Å². The van der Waals surface area contributed by atoms with Crippen LogP contribution in [0.2, 0.25) is 0 Å². The van der Waals surface area contributed by atoms with Crippen LogP contribution in [-0.4, -0.2) is 159 Å². The van der Waals surface area contributed by atoms with E-state index in [0.29, 0.717) is 57.8 Å². The SMILES string of the molecule is CCCCCCCCCCCCCC(=O)O[C@H](CCCCCCCCCCCCC)CC(=O)N[C@H]1[C@H](OC[C@H]2OC(=O)[C@H](NC(=O)C[C@H](O)CCCCCCCCCCCCC)[C@@H](OC(=O)C[C@H](O)CCCCCCCCCCCCC)[C@@H]2O)O[C@H](CO)[C@@H](O)[C@@H]1OC(=O)C[C@H](O)CCCCCCCCCCCCC. The van der Waals surface area contributed by atoms with E-state index in [4.69, 9.17) is 28.4 Å². The highest BCUT2D eigenvalue weighted by atomic mass is 16.7. The number of carbonyl (C=O) groups excluding carboxylic acids is 6. The van der Waals surface area contributed by atoms with Gasteiger partial charge in [0.25, 0.3) is 0 Å². The van der Waals surface area contributed by atoms with Gasteiger partial charge in [-0.1, -0.05) is 375 Å². The number of carbonyl (C=O) groups is 6. The molecule has 20 nitrogen and oxygen atoms in total. The average molecular weight is 1570 g/mol. The van der Waals surface area contributed by atoms with E-state index in [1.807, 2.05) is 0 Å². The molecule has 13 atom stereocenters. The molecular formula is C90H168N2O18. The molecule has 0 aliphatic carbocycles. The quantitative estimate of drug-likeness (QED) is 0.0159. The van der Waals surface area contributed by atoms with Gasteiger partial charge in [0.05, 0.1) is 57.2 Å². The van der Waals surface area contributed by atoms with Crippen LogP contribution in [0.3, 0.4) is 0 Å². The second-order valence-corrected chi connectivity index (χ2v) is 33.0. The second-order valence-electron chi connectivity index (χ2n) is 33.0. The fraction of sp³-hybridized carbons (Fsp3) is 0.933. The summed E-state index contributed by atoms with van der Waals surface area (Å²) in [4.78, 5) is 84.3. The number of rotatable bonds is 77. The number of aliphatic hydroxyl groups is 6. The van der Waals surface area contributed by atoms with Crippen molar-refractivity contribution in [3.8, 4) is 0 Å². The summed E-state index contributed by atoms with van der Waals surface area (Å²) in [6.07, 6.45) is 44.8. The first-order valence-corrected chi connectivity index (χ1v) is 46.2. The Balaban J connectivity index is 2.44. The Kier molecular flexibility index (Phi) is 66.1. The lowest BCUT2D eigenvalue weighted by molar-refractivity contribution is -0.283. The molecule has 0 aromatic heterocycles. The smallest absolute Gasteiger partial charge is 0.333 e. The van der Waals surface area contributed by atoms with E-state index in [-0.39, 0.29) is 12.8 Å². The average Bonchev–Trinajstić information content (AvgIpc) is 0.792. The maximum absolute atomic E-state index is 14.7. The normalized spacial score (nSPS) is 20.4. The highest BCUT2D eigenvalue weighted by Gasteiger charge is 2.52. The minimum absolute atomic E-state index is 0.187. The van der Waals surface area contributed by atoms with Gasteiger partial charge >= 0.3 is 23.9 Å². The predicted octanol–water partition coefficient (Wildman–Crippen LogP) is 19.2. The van der Waals surface area contributed by atoms with Gasteiger partial charge in [0, 0.05) is 6.42 Å². The van der Waals surface area contributed by atoms with Crippen molar-refractivity contribution in [3.63, 3.8) is 0 Å². The minimum Gasteiger partial charge on any atom is -0.462 e. The van der Waals surface area contributed by atoms with Crippen LogP contribution in [0.1, 0.15) is 446 Å². The Labute approximate surface area is 669 Å². The number of hydrogen-bond acceptors (Lipinski definition) is 18. The maximum Gasteiger partial charge on any atom is 0.333 e. The summed E-state index contributed by atoms with van der Waals surface area (Å²) in [5.74, 6) is -4.84. The van der Waals surface area contributed by atoms with Crippen molar-refractivity contribution in [2.75, 3.05) is 13.2 Å². The van der Waals surface area contributed by atoms with Crippen LogP contribution in [0.15, 0.2) is 0 Å². The van der Waals surface area contributed by atoms with Crippen molar-refractivity contribution in [3.05, 3.63) is 0 Å². The summed E-state index contributed by atoms with van der Waals surface area (Å²) in [5.41, 5.74) is 0. The molecular weight excluding hydrogens is 1400 g/mol. The van der Waals surface area contributed by atoms with E-state index in [0.717, 1.165) is 128 Å². The number of esters is 4. The number of unbranched alkanes of at least 4 members (excludes halogenated alkanes) is 50. The van der Waals surface area contributed by atoms with Gasteiger partial charge in [0.15, 0.2) is 30.6 Å². The van der Waals surface area contributed by atoms with Crippen LogP contribution < -0.4 is 10.6 Å². The Morgan fingerprint density at radius 3 is 1.05 bits per heavy atom. The Morgan fingerprint density at radius 2 is 0.682 bits per heavy atom. The Hall–Kier alpha value is -3.50. The predicted molar refractivity (Wildman–Crippen MR) is 439 cm³/mol. The van der Waals surface area contributed by atoms with Crippen molar-refractivity contribution < 1.29 is 87.8 Å². The molecule has 2 rings (SSSR count). The zero-order valence-corrected chi connectivity index (χ0v) is 70.8. The fourth-order valence-corrected chi connectivity index (χ4v) is 15.5. The highest BCUT2D eigenvalue weighted by molar-refractivity contribution is 5.86. The van der Waals surface area contributed by atoms with E-state index >= 15 is 0 Å². The fourth-order valence-electron chi connectivity index (χ4n) is 15.5. The molecule has 0 unspecified atom stereocenters. The summed E-state index contributed by atoms with van der Waals surface area (Å²) in [7, 11) is 0. The zero-order valence-electron chi connectivity index (χ0n) is 70.8. The lowest BCUT2D eigenvalue weighted by Gasteiger charge is -2.44. The van der Waals surface area contributed by atoms with Crippen molar-refractivity contribution in [2.24, 2.45) is 0 Å². The van der Waals surface area contributed by atoms with Gasteiger partial charge in [-0.25, -0.2) is 4.79 Å². The van der Waals surface area contributed by atoms with Crippen molar-refractivity contribution in [2.45, 2.75) is 525 Å². The number of hydrogen-bond donors (Lipinski definition) is 8. The molecule has 2 saturated heterocycles. The first-order valence-electron chi connectivity index (χ1n) is 46.2. The summed E-state index contributed by atoms with van der Waals surface area (Å²) in [6.45, 7) is 9.49. The van der Waals surface area contributed by atoms with Crippen molar-refractivity contribution in [1.29, 1.82) is 0 Å². The number of amides is 2. The molecule has 0 spiro atoms. The molecule has 2 heterocycles. The van der Waals surface area contributed by atoms with Crippen LogP contribution in [-0.2, 0) is 57.2 Å². The zero-order chi connectivity index (χ0) is 80.3. The number of cyclic esters (lactones) is 1. The first kappa shape index (κ1) is 103. The number of aliphatic hydroxyl groups excluding tert-OH is 6. The molecule has 20 heteroatoms. The van der Waals surface area contributed by atoms with E-state index in [9.17, 15) is 59.4 Å². The Bertz CT molecular complexity index is 2210. The van der Waals surface area contributed by atoms with Gasteiger partial charge in [-0.3, -0.25) is 24.0 Å². The molecule has 646 valence electrons. The summed E-state index contributed by atoms with van der Waals surface area (Å²) in [6, 6.07) is -3.33. The molecule has 0 radical (unpaired) electrons. The van der Waals surface area contributed by atoms with Gasteiger partial charge in [0.2, 0.25) is 11.8 Å². The first-order chi connectivity index (χ1) is 53.5. The van der Waals surface area contributed by atoms with Crippen LogP contribution in [0, 0.1) is 0 Å². The van der Waals surface area contributed by atoms with Crippen molar-refractivity contribution >= 4 is 35.7 Å². The standard InChI is InChI=1S/C90H168N2O18/c1-6-11-16-21-26-31-36-41-46-51-56-61-72(94)66-78(97)91-83-87(109-81(100)67-73(95)62-57-52-47-42-37-32-27-22-17-12-7-2)86(103)77(107-89(83)104)71-105-90-84(88(85(102)76(70-93)108-90)110-82(101)68-74(96)63-58-53-48-43-38-33-28-23-18-13-8-3)92-79(98)69-75(64-59-54-49-44-39-34-29-24-19-14-9-4)106-80(99)65-60-55-50-45-40-35-30-25-20-15-10-5/h72-77,83-88,90,93-96,102-103H,6-71H2,1-5H3,(H,91,97)(H,92,98)/t72-,73-,74-,75-,76-,77-,83-,84-,85-,86-,87-,88-,90-/m1/s1. The molecule has 2 aliphatic heterocycles. The van der Waals surface area contributed by atoms with Crippen LogP contribution >= 0.6 is 0 Å². The molecule has 110 heavy (non-hydrogen) atoms. The van der Waals surface area contributed by atoms with Crippen LogP contribution in [0.5, 0.6) is 0 Å². The van der Waals surface area contributed by atoms with E-state index in [1.54, 1.807) is 0 Å². The van der Waals surface area contributed by atoms with Gasteiger partial charge < -0.3 is 69.7 Å². The topological polar surface area (TPSA) is 303 Å². The second kappa shape index (κ2) is 70.9. The third-order valence-corrected chi connectivity index (χ3v) is 22.5. The number of nitrogens with one attached hydrogen (secondary N) is 2. The molecule has 8 N–H and O–H groups in total. The lowest BCUT2D eigenvalue weighted by atomic mass is 9.95.